The minimum absolute atomic E-state index is 0.177. The Bertz CT molecular complexity index is 755. The number of fused-ring (bicyclic) bond motifs is 3. The van der Waals surface area contributed by atoms with Crippen LogP contribution < -0.4 is 5.73 Å². The molecule has 0 radical (unpaired) electrons. The van der Waals surface area contributed by atoms with Crippen molar-refractivity contribution in [3.8, 4) is 0 Å². The summed E-state index contributed by atoms with van der Waals surface area (Å²) >= 11 is 5.54. The van der Waals surface area contributed by atoms with E-state index in [2.05, 4.69) is 23.8 Å². The summed E-state index contributed by atoms with van der Waals surface area (Å²) in [5.74, 6) is 0.511. The van der Waals surface area contributed by atoms with E-state index in [1.165, 1.54) is 6.33 Å². The van der Waals surface area contributed by atoms with Gasteiger partial charge in [-0.2, -0.15) is 0 Å². The molecule has 2 aromatic rings. The highest BCUT2D eigenvalue weighted by molar-refractivity contribution is 7.71. The van der Waals surface area contributed by atoms with E-state index in [4.69, 9.17) is 22.7 Å². The summed E-state index contributed by atoms with van der Waals surface area (Å²) in [6.07, 6.45) is 3.21. The molecule has 0 bridgehead atoms. The van der Waals surface area contributed by atoms with E-state index >= 15 is 0 Å². The summed E-state index contributed by atoms with van der Waals surface area (Å²) in [6.45, 7) is 4.78. The molecule has 0 aliphatic carbocycles. The monoisotopic (exact) mass is 290 g/mol. The van der Waals surface area contributed by atoms with Crippen molar-refractivity contribution in [2.75, 3.05) is 5.73 Å². The fourth-order valence-electron chi connectivity index (χ4n) is 2.75. The van der Waals surface area contributed by atoms with Crippen LogP contribution in [-0.4, -0.2) is 20.1 Å². The molecule has 1 unspecified atom stereocenters. The van der Waals surface area contributed by atoms with Crippen LogP contribution in [0.25, 0.3) is 11.0 Å². The van der Waals surface area contributed by atoms with Gasteiger partial charge in [0, 0.05) is 19.0 Å². The van der Waals surface area contributed by atoms with Gasteiger partial charge in [0.2, 0.25) is 0 Å². The third-order valence-corrected chi connectivity index (χ3v) is 4.79. The number of aromatic nitrogens is 3. The maximum atomic E-state index is 6.09. The second-order valence-electron chi connectivity index (χ2n) is 5.55. The summed E-state index contributed by atoms with van der Waals surface area (Å²) in [5, 5.41) is 0.918. The highest BCUT2D eigenvalue weighted by atomic mass is 32.1. The highest BCUT2D eigenvalue weighted by Gasteiger charge is 2.32. The Morgan fingerprint density at radius 3 is 2.90 bits per heavy atom. The first-order valence-electron chi connectivity index (χ1n) is 6.71. The normalized spacial score (nSPS) is 21.9. The van der Waals surface area contributed by atoms with Gasteiger partial charge in [0.25, 0.3) is 0 Å². The third-order valence-electron chi connectivity index (χ3n) is 4.27. The number of nitrogen functional groups attached to an aromatic ring is 1. The molecule has 2 aromatic heterocycles. The van der Waals surface area contributed by atoms with E-state index in [-0.39, 0.29) is 5.60 Å². The predicted octanol–water partition coefficient (Wildman–Crippen LogP) is 2.52. The molecule has 0 fully saturated rings. The summed E-state index contributed by atoms with van der Waals surface area (Å²) < 4.78 is 8.66. The van der Waals surface area contributed by atoms with Crippen molar-refractivity contribution >= 4 is 29.1 Å². The molecule has 20 heavy (non-hydrogen) atoms. The van der Waals surface area contributed by atoms with E-state index < -0.39 is 0 Å². The largest absolute Gasteiger partial charge is 0.383 e. The SMILES string of the molecule is CCC1(C)Cc2c(c(=S)n(C)c3ncnc(N)c23)CO1. The van der Waals surface area contributed by atoms with Crippen LogP contribution >= 0.6 is 12.2 Å². The molecule has 1 aliphatic rings. The molecule has 1 atom stereocenters. The molecule has 0 spiro atoms. The van der Waals surface area contributed by atoms with Crippen LogP contribution in [0.2, 0.25) is 0 Å². The quantitative estimate of drug-likeness (QED) is 0.818. The Labute approximate surface area is 122 Å². The Hall–Kier alpha value is -1.53. The van der Waals surface area contributed by atoms with E-state index in [9.17, 15) is 0 Å². The highest BCUT2D eigenvalue weighted by Crippen LogP contribution is 2.36. The van der Waals surface area contributed by atoms with Crippen LogP contribution in [0.15, 0.2) is 6.33 Å². The second-order valence-corrected chi connectivity index (χ2v) is 5.93. The predicted molar refractivity (Wildman–Crippen MR) is 80.9 cm³/mol. The first kappa shape index (κ1) is 13.5. The lowest BCUT2D eigenvalue weighted by atomic mass is 9.87. The minimum Gasteiger partial charge on any atom is -0.383 e. The molecule has 6 heteroatoms. The van der Waals surface area contributed by atoms with Crippen LogP contribution in [0, 0.1) is 4.64 Å². The van der Waals surface area contributed by atoms with E-state index in [1.54, 1.807) is 0 Å². The van der Waals surface area contributed by atoms with Gasteiger partial charge in [0.15, 0.2) is 0 Å². The first-order valence-corrected chi connectivity index (χ1v) is 7.12. The van der Waals surface area contributed by atoms with Gasteiger partial charge in [-0.05, 0) is 18.9 Å². The lowest BCUT2D eigenvalue weighted by Crippen LogP contribution is -2.35. The number of ether oxygens (including phenoxy) is 1. The molecule has 3 heterocycles. The zero-order valence-corrected chi connectivity index (χ0v) is 12.8. The maximum Gasteiger partial charge on any atom is 0.146 e. The van der Waals surface area contributed by atoms with Crippen LogP contribution in [-0.2, 0) is 24.8 Å². The molecular weight excluding hydrogens is 272 g/mol. The number of hydrogen-bond donors (Lipinski definition) is 1. The van der Waals surface area contributed by atoms with Crippen molar-refractivity contribution in [3.63, 3.8) is 0 Å². The summed E-state index contributed by atoms with van der Waals surface area (Å²) in [5.41, 5.74) is 8.90. The smallest absolute Gasteiger partial charge is 0.146 e. The number of aryl methyl sites for hydroxylation is 1. The van der Waals surface area contributed by atoms with Crippen molar-refractivity contribution in [2.24, 2.45) is 7.05 Å². The molecule has 0 saturated heterocycles. The number of nitrogens with zero attached hydrogens (tertiary/aromatic N) is 3. The number of nitrogens with two attached hydrogens (primary N) is 1. The lowest BCUT2D eigenvalue weighted by Gasteiger charge is -2.35. The average molecular weight is 290 g/mol. The molecule has 0 amide bonds. The zero-order valence-electron chi connectivity index (χ0n) is 11.9. The Kier molecular flexibility index (Phi) is 3.02. The fourth-order valence-corrected chi connectivity index (χ4v) is 3.02. The van der Waals surface area contributed by atoms with Crippen molar-refractivity contribution < 1.29 is 4.74 Å². The molecule has 0 saturated carbocycles. The molecular formula is C14H18N4OS. The Morgan fingerprint density at radius 2 is 2.20 bits per heavy atom. The van der Waals surface area contributed by atoms with Gasteiger partial charge in [0.1, 0.15) is 22.4 Å². The second kappa shape index (κ2) is 4.49. The van der Waals surface area contributed by atoms with Gasteiger partial charge in [-0.15, -0.1) is 0 Å². The molecule has 5 nitrogen and oxygen atoms in total. The van der Waals surface area contributed by atoms with Crippen LogP contribution in [0.4, 0.5) is 5.82 Å². The number of hydrogen-bond acceptors (Lipinski definition) is 5. The maximum absolute atomic E-state index is 6.09. The first-order chi connectivity index (χ1) is 9.47. The Balaban J connectivity index is 2.40. The molecule has 0 aromatic carbocycles. The summed E-state index contributed by atoms with van der Waals surface area (Å²) in [6, 6.07) is 0. The lowest BCUT2D eigenvalue weighted by molar-refractivity contribution is -0.0563. The number of anilines is 1. The van der Waals surface area contributed by atoms with E-state index in [1.807, 2.05) is 11.6 Å². The molecule has 1 aliphatic heterocycles. The van der Waals surface area contributed by atoms with Crippen molar-refractivity contribution in [2.45, 2.75) is 38.9 Å². The van der Waals surface area contributed by atoms with Gasteiger partial charge in [-0.25, -0.2) is 9.97 Å². The van der Waals surface area contributed by atoms with Gasteiger partial charge >= 0.3 is 0 Å². The van der Waals surface area contributed by atoms with E-state index in [0.717, 1.165) is 39.6 Å². The third kappa shape index (κ3) is 1.83. The van der Waals surface area contributed by atoms with Gasteiger partial charge in [-0.3, -0.25) is 0 Å². The fraction of sp³-hybridized carbons (Fsp3) is 0.500. The van der Waals surface area contributed by atoms with Gasteiger partial charge in [-0.1, -0.05) is 19.1 Å². The Morgan fingerprint density at radius 1 is 1.45 bits per heavy atom. The molecule has 3 rings (SSSR count). The number of pyridine rings is 1. The molecule has 106 valence electrons. The van der Waals surface area contributed by atoms with Crippen molar-refractivity contribution in [3.05, 3.63) is 22.1 Å². The van der Waals surface area contributed by atoms with Crippen LogP contribution in [0.1, 0.15) is 31.4 Å². The average Bonchev–Trinajstić information content (AvgIpc) is 2.44. The zero-order chi connectivity index (χ0) is 14.5. The molecule has 2 N–H and O–H groups in total. The van der Waals surface area contributed by atoms with Crippen LogP contribution in [0.5, 0.6) is 0 Å². The van der Waals surface area contributed by atoms with E-state index in [0.29, 0.717) is 12.4 Å². The topological polar surface area (TPSA) is 66.0 Å². The minimum atomic E-state index is -0.177. The van der Waals surface area contributed by atoms with Crippen molar-refractivity contribution in [1.29, 1.82) is 0 Å². The van der Waals surface area contributed by atoms with Gasteiger partial charge < -0.3 is 15.0 Å². The van der Waals surface area contributed by atoms with Gasteiger partial charge in [0.05, 0.1) is 17.6 Å². The number of rotatable bonds is 1. The standard InChI is InChI=1S/C14H18N4OS/c1-4-14(2)5-8-9(6-19-14)13(20)18(3)12-10(8)11(15)16-7-17-12/h7H,4-6H2,1-3H3,(H2,15,16,17). The summed E-state index contributed by atoms with van der Waals surface area (Å²) in [7, 11) is 1.91. The summed E-state index contributed by atoms with van der Waals surface area (Å²) in [4.78, 5) is 8.49. The van der Waals surface area contributed by atoms with Crippen LogP contribution in [0.3, 0.4) is 0 Å². The van der Waals surface area contributed by atoms with Crippen molar-refractivity contribution in [1.82, 2.24) is 14.5 Å².